The average molecular weight is 472 g/mol. The van der Waals surface area contributed by atoms with Crippen molar-refractivity contribution in [2.75, 3.05) is 20.7 Å². The molecular formula is C26H33NO7. The molecule has 0 aromatic heterocycles. The summed E-state index contributed by atoms with van der Waals surface area (Å²) < 4.78 is 22.8. The molecule has 34 heavy (non-hydrogen) atoms. The quantitative estimate of drug-likeness (QED) is 0.341. The van der Waals surface area contributed by atoms with Crippen LogP contribution in [-0.4, -0.2) is 61.8 Å². The number of hydrogen-bond acceptors (Lipinski definition) is 8. The van der Waals surface area contributed by atoms with E-state index in [0.29, 0.717) is 42.7 Å². The lowest BCUT2D eigenvalue weighted by molar-refractivity contribution is -0.166. The van der Waals surface area contributed by atoms with Crippen LogP contribution in [0.15, 0.2) is 12.1 Å². The van der Waals surface area contributed by atoms with Gasteiger partial charge in [-0.2, -0.15) is 0 Å². The lowest BCUT2D eigenvalue weighted by Crippen LogP contribution is -2.66. The van der Waals surface area contributed by atoms with Crippen LogP contribution < -0.4 is 9.47 Å². The Kier molecular flexibility index (Phi) is 6.04. The van der Waals surface area contributed by atoms with E-state index in [0.717, 1.165) is 32.2 Å². The van der Waals surface area contributed by atoms with E-state index in [4.69, 9.17) is 14.2 Å². The Hall–Kier alpha value is -2.61. The minimum Gasteiger partial charge on any atom is -0.481 e. The molecule has 2 aliphatic carbocycles. The second-order valence-electron chi connectivity index (χ2n) is 10.1. The Labute approximate surface area is 199 Å². The van der Waals surface area contributed by atoms with Gasteiger partial charge in [0, 0.05) is 36.8 Å². The van der Waals surface area contributed by atoms with Crippen molar-refractivity contribution in [2.45, 2.75) is 82.0 Å². The standard InChI is InChI=1S/C26H33NO7/c1-15(28)32-19-10-8-16-14-18-17-9-11-20(33-22(30)7-5-4-6-21(29)31-3)25-26(17,12-13-27(18)2)23(16)24(19)34-25/h8,10,17-18,20,25H,4-7,9,11-14H2,1-3H3/t17-,18+,20-,25-,26-/m0/s1. The number of methoxy groups -OCH3 is 1. The predicted molar refractivity (Wildman–Crippen MR) is 122 cm³/mol. The molecule has 4 aliphatic rings. The van der Waals surface area contributed by atoms with Crippen molar-refractivity contribution < 1.29 is 33.3 Å². The zero-order valence-corrected chi connectivity index (χ0v) is 20.1. The summed E-state index contributed by atoms with van der Waals surface area (Å²) in [5.41, 5.74) is 2.19. The maximum absolute atomic E-state index is 12.7. The molecule has 5 atom stereocenters. The molecular weight excluding hydrogens is 438 g/mol. The first kappa shape index (κ1) is 23.1. The highest BCUT2D eigenvalue weighted by Gasteiger charge is 2.66. The molecule has 2 heterocycles. The van der Waals surface area contributed by atoms with E-state index < -0.39 is 0 Å². The maximum Gasteiger partial charge on any atom is 0.308 e. The topological polar surface area (TPSA) is 91.4 Å². The van der Waals surface area contributed by atoms with E-state index in [-0.39, 0.29) is 42.0 Å². The maximum atomic E-state index is 12.7. The molecule has 1 spiro atoms. The molecule has 2 bridgehead atoms. The fraction of sp³-hybridized carbons (Fsp3) is 0.654. The van der Waals surface area contributed by atoms with Gasteiger partial charge in [-0.05, 0) is 69.7 Å². The summed E-state index contributed by atoms with van der Waals surface area (Å²) in [7, 11) is 3.56. The Morgan fingerprint density at radius 2 is 1.91 bits per heavy atom. The first-order valence-corrected chi connectivity index (χ1v) is 12.3. The number of ether oxygens (including phenoxy) is 4. The van der Waals surface area contributed by atoms with Gasteiger partial charge in [0.15, 0.2) is 11.5 Å². The van der Waals surface area contributed by atoms with Crippen LogP contribution in [0.1, 0.15) is 63.0 Å². The summed E-state index contributed by atoms with van der Waals surface area (Å²) in [6, 6.07) is 4.33. The Balaban J connectivity index is 1.40. The molecule has 2 aliphatic heterocycles. The van der Waals surface area contributed by atoms with Crippen LogP contribution in [0.2, 0.25) is 0 Å². The van der Waals surface area contributed by atoms with Crippen molar-refractivity contribution in [3.05, 3.63) is 23.3 Å². The monoisotopic (exact) mass is 471 g/mol. The summed E-state index contributed by atoms with van der Waals surface area (Å²) >= 11 is 0. The Morgan fingerprint density at radius 1 is 1.15 bits per heavy atom. The number of nitrogens with zero attached hydrogens (tertiary/aromatic N) is 1. The van der Waals surface area contributed by atoms with Gasteiger partial charge in [0.05, 0.1) is 7.11 Å². The largest absolute Gasteiger partial charge is 0.481 e. The van der Waals surface area contributed by atoms with Crippen molar-refractivity contribution in [1.29, 1.82) is 0 Å². The van der Waals surface area contributed by atoms with Gasteiger partial charge in [-0.1, -0.05) is 6.07 Å². The van der Waals surface area contributed by atoms with E-state index in [2.05, 4.69) is 22.8 Å². The van der Waals surface area contributed by atoms with Crippen LogP contribution in [0.25, 0.3) is 0 Å². The average Bonchev–Trinajstić information content (AvgIpc) is 3.16. The molecule has 0 radical (unpaired) electrons. The molecule has 0 unspecified atom stereocenters. The zero-order valence-electron chi connectivity index (χ0n) is 20.1. The fourth-order valence-electron chi connectivity index (χ4n) is 6.90. The lowest BCUT2D eigenvalue weighted by atomic mass is 9.51. The van der Waals surface area contributed by atoms with E-state index in [1.165, 1.54) is 25.2 Å². The van der Waals surface area contributed by atoms with Crippen molar-refractivity contribution in [3.63, 3.8) is 0 Å². The van der Waals surface area contributed by atoms with Crippen LogP contribution in [0.5, 0.6) is 11.5 Å². The summed E-state index contributed by atoms with van der Waals surface area (Å²) in [5.74, 6) is 0.621. The highest BCUT2D eigenvalue weighted by Crippen LogP contribution is 2.64. The second kappa shape index (κ2) is 8.87. The summed E-state index contributed by atoms with van der Waals surface area (Å²) in [4.78, 5) is 38.2. The number of unbranched alkanes of at least 4 members (excludes halogenated alkanes) is 1. The SMILES string of the molecule is COC(=O)CCCCC(=O)O[C@H]1CC[C@H]2[C@H]3Cc4ccc(OC(C)=O)c5c4[C@@]2(CCN3C)[C@H]1O5. The highest BCUT2D eigenvalue weighted by molar-refractivity contribution is 5.73. The van der Waals surface area contributed by atoms with Gasteiger partial charge >= 0.3 is 17.9 Å². The number of rotatable bonds is 7. The number of likely N-dealkylation sites (N-methyl/N-ethyl adjacent to an activating group) is 1. The number of carbonyl (C=O) groups excluding carboxylic acids is 3. The number of benzene rings is 1. The number of piperidine rings is 1. The third-order valence-electron chi connectivity index (χ3n) is 8.30. The number of likely N-dealkylation sites (tertiary alicyclic amines) is 1. The third kappa shape index (κ3) is 3.67. The smallest absolute Gasteiger partial charge is 0.308 e. The van der Waals surface area contributed by atoms with Crippen LogP contribution in [0, 0.1) is 5.92 Å². The van der Waals surface area contributed by atoms with Gasteiger partial charge in [-0.3, -0.25) is 14.4 Å². The highest BCUT2D eigenvalue weighted by atomic mass is 16.6. The van der Waals surface area contributed by atoms with Gasteiger partial charge in [0.25, 0.3) is 0 Å². The molecule has 1 aromatic rings. The molecule has 8 nitrogen and oxygen atoms in total. The Morgan fingerprint density at radius 3 is 2.65 bits per heavy atom. The Bertz CT molecular complexity index is 1010. The zero-order chi connectivity index (χ0) is 24.0. The molecule has 5 rings (SSSR count). The normalized spacial score (nSPS) is 30.7. The first-order chi connectivity index (χ1) is 16.3. The van der Waals surface area contributed by atoms with E-state index in [1.807, 2.05) is 6.07 Å². The molecule has 1 saturated heterocycles. The van der Waals surface area contributed by atoms with Crippen molar-refractivity contribution in [2.24, 2.45) is 5.92 Å². The number of carbonyl (C=O) groups is 3. The molecule has 1 aromatic carbocycles. The minimum absolute atomic E-state index is 0.232. The van der Waals surface area contributed by atoms with E-state index >= 15 is 0 Å². The van der Waals surface area contributed by atoms with E-state index in [9.17, 15) is 14.4 Å². The summed E-state index contributed by atoms with van der Waals surface area (Å²) in [6.45, 7) is 2.34. The van der Waals surface area contributed by atoms with Crippen molar-refractivity contribution in [1.82, 2.24) is 4.90 Å². The molecule has 0 N–H and O–H groups in total. The molecule has 0 amide bonds. The van der Waals surface area contributed by atoms with Gasteiger partial charge in [-0.25, -0.2) is 0 Å². The molecule has 184 valence electrons. The van der Waals surface area contributed by atoms with Gasteiger partial charge in [0.2, 0.25) is 0 Å². The minimum atomic E-state index is -0.379. The first-order valence-electron chi connectivity index (χ1n) is 12.3. The van der Waals surface area contributed by atoms with E-state index in [1.54, 1.807) is 0 Å². The van der Waals surface area contributed by atoms with Gasteiger partial charge in [-0.15, -0.1) is 0 Å². The fourth-order valence-corrected chi connectivity index (χ4v) is 6.90. The molecule has 1 saturated carbocycles. The summed E-state index contributed by atoms with van der Waals surface area (Å²) in [5, 5.41) is 0. The third-order valence-corrected chi connectivity index (χ3v) is 8.30. The van der Waals surface area contributed by atoms with Crippen LogP contribution in [0.4, 0.5) is 0 Å². The van der Waals surface area contributed by atoms with Crippen molar-refractivity contribution >= 4 is 17.9 Å². The van der Waals surface area contributed by atoms with Crippen LogP contribution >= 0.6 is 0 Å². The predicted octanol–water partition coefficient (Wildman–Crippen LogP) is 2.93. The lowest BCUT2D eigenvalue weighted by Gasteiger charge is -2.58. The summed E-state index contributed by atoms with van der Waals surface area (Å²) in [6.07, 6.45) is 4.69. The molecule has 2 fully saturated rings. The molecule has 8 heteroatoms. The number of hydrogen-bond donors (Lipinski definition) is 0. The van der Waals surface area contributed by atoms with Gasteiger partial charge in [0.1, 0.15) is 12.2 Å². The van der Waals surface area contributed by atoms with Crippen LogP contribution in [0.3, 0.4) is 0 Å². The van der Waals surface area contributed by atoms with Crippen LogP contribution in [-0.2, 0) is 35.7 Å². The second-order valence-corrected chi connectivity index (χ2v) is 10.1. The van der Waals surface area contributed by atoms with Gasteiger partial charge < -0.3 is 23.8 Å². The van der Waals surface area contributed by atoms with Crippen molar-refractivity contribution in [3.8, 4) is 11.5 Å². The number of esters is 3.